The molecule has 1 aliphatic heterocycles. The van der Waals surface area contributed by atoms with Crippen LogP contribution >= 0.6 is 24.8 Å². The lowest BCUT2D eigenvalue weighted by molar-refractivity contribution is -0.132. The Balaban J connectivity index is 0.00000132. The number of piperidine rings is 1. The highest BCUT2D eigenvalue weighted by Gasteiger charge is 2.27. The molecule has 8 heteroatoms. The zero-order valence-corrected chi connectivity index (χ0v) is 14.7. The van der Waals surface area contributed by atoms with E-state index in [-0.39, 0.29) is 42.7 Å². The number of aromatic nitrogens is 3. The number of pyridine rings is 1. The lowest BCUT2D eigenvalue weighted by atomic mass is 9.96. The number of halogens is 2. The van der Waals surface area contributed by atoms with E-state index in [2.05, 4.69) is 10.2 Å². The zero-order valence-electron chi connectivity index (χ0n) is 13.1. The number of hydrogen-bond donors (Lipinski definition) is 1. The fraction of sp³-hybridized carbons (Fsp3) is 0.533. The van der Waals surface area contributed by atoms with Crippen molar-refractivity contribution >= 4 is 36.4 Å². The molecule has 2 unspecified atom stereocenters. The highest BCUT2D eigenvalue weighted by molar-refractivity contribution is 5.85. The third-order valence-electron chi connectivity index (χ3n) is 3.98. The largest absolute Gasteiger partial charge is 0.342 e. The molecule has 0 aromatic carbocycles. The van der Waals surface area contributed by atoms with Crippen LogP contribution in [0.5, 0.6) is 0 Å². The molecule has 0 radical (unpaired) electrons. The van der Waals surface area contributed by atoms with Crippen LogP contribution < -0.4 is 5.73 Å². The Morgan fingerprint density at radius 3 is 2.91 bits per heavy atom. The number of hydrogen-bond acceptors (Lipinski definition) is 4. The van der Waals surface area contributed by atoms with E-state index in [0.717, 1.165) is 30.9 Å². The highest BCUT2D eigenvalue weighted by Crippen LogP contribution is 2.26. The van der Waals surface area contributed by atoms with Gasteiger partial charge in [-0.15, -0.1) is 35.0 Å². The van der Waals surface area contributed by atoms with Gasteiger partial charge in [0, 0.05) is 37.7 Å². The van der Waals surface area contributed by atoms with Gasteiger partial charge < -0.3 is 10.6 Å². The molecule has 0 spiro atoms. The minimum atomic E-state index is -0.0909. The maximum absolute atomic E-state index is 12.2. The standard InChI is InChI=1S/C15H21N5O.2ClH/c1-11(16)9-14(21)19-7-4-5-12(10-19)15-18-17-13-6-2-3-8-20(13)15;;/h2-3,6,8,11-12H,4-5,7,9-10,16H2,1H3;2*1H. The Labute approximate surface area is 148 Å². The molecule has 3 rings (SSSR count). The Hall–Kier alpha value is -1.37. The van der Waals surface area contributed by atoms with E-state index in [1.165, 1.54) is 0 Å². The van der Waals surface area contributed by atoms with Crippen molar-refractivity contribution in [1.82, 2.24) is 19.5 Å². The average Bonchev–Trinajstić information content (AvgIpc) is 2.90. The topological polar surface area (TPSA) is 76.5 Å². The van der Waals surface area contributed by atoms with Crippen molar-refractivity contribution in [2.75, 3.05) is 13.1 Å². The van der Waals surface area contributed by atoms with Crippen molar-refractivity contribution in [3.05, 3.63) is 30.2 Å². The van der Waals surface area contributed by atoms with E-state index in [9.17, 15) is 4.79 Å². The van der Waals surface area contributed by atoms with Crippen molar-refractivity contribution in [2.24, 2.45) is 5.73 Å². The fourth-order valence-electron chi connectivity index (χ4n) is 2.96. The van der Waals surface area contributed by atoms with Gasteiger partial charge in [-0.1, -0.05) is 6.07 Å². The van der Waals surface area contributed by atoms with Gasteiger partial charge in [0.2, 0.25) is 5.91 Å². The predicted octanol–water partition coefficient (Wildman–Crippen LogP) is 2.02. The number of nitrogens with zero attached hydrogens (tertiary/aromatic N) is 4. The molecule has 1 saturated heterocycles. The van der Waals surface area contributed by atoms with Crippen LogP contribution in [-0.4, -0.2) is 44.5 Å². The van der Waals surface area contributed by atoms with Crippen LogP contribution in [0.2, 0.25) is 0 Å². The molecular formula is C15H23Cl2N5O. The normalized spacial score (nSPS) is 18.9. The molecule has 2 aromatic rings. The number of likely N-dealkylation sites (tertiary alicyclic amines) is 1. The predicted molar refractivity (Wildman–Crippen MR) is 94.3 cm³/mol. The first-order chi connectivity index (χ1) is 10.1. The van der Waals surface area contributed by atoms with Crippen molar-refractivity contribution in [2.45, 2.75) is 38.1 Å². The van der Waals surface area contributed by atoms with Gasteiger partial charge in [0.15, 0.2) is 5.65 Å². The van der Waals surface area contributed by atoms with Crippen molar-refractivity contribution < 1.29 is 4.79 Å². The van der Waals surface area contributed by atoms with Crippen LogP contribution in [0.1, 0.15) is 37.9 Å². The quantitative estimate of drug-likeness (QED) is 0.909. The third kappa shape index (κ3) is 4.34. The molecule has 0 saturated carbocycles. The third-order valence-corrected chi connectivity index (χ3v) is 3.98. The second kappa shape index (κ2) is 8.47. The number of nitrogens with two attached hydrogens (primary N) is 1. The molecule has 6 nitrogen and oxygen atoms in total. The highest BCUT2D eigenvalue weighted by atomic mass is 35.5. The minimum absolute atomic E-state index is 0. The van der Waals surface area contributed by atoms with Gasteiger partial charge >= 0.3 is 0 Å². The van der Waals surface area contributed by atoms with Gasteiger partial charge in [0.1, 0.15) is 5.82 Å². The van der Waals surface area contributed by atoms with Crippen LogP contribution in [0.25, 0.3) is 5.65 Å². The molecule has 23 heavy (non-hydrogen) atoms. The molecule has 1 fully saturated rings. The smallest absolute Gasteiger partial charge is 0.224 e. The summed E-state index contributed by atoms with van der Waals surface area (Å²) >= 11 is 0. The van der Waals surface area contributed by atoms with Crippen molar-refractivity contribution in [3.63, 3.8) is 0 Å². The first-order valence-corrected chi connectivity index (χ1v) is 7.48. The van der Waals surface area contributed by atoms with Crippen LogP contribution in [0.4, 0.5) is 0 Å². The van der Waals surface area contributed by atoms with E-state index < -0.39 is 0 Å². The lowest BCUT2D eigenvalue weighted by Gasteiger charge is -2.32. The van der Waals surface area contributed by atoms with Crippen LogP contribution in [-0.2, 0) is 4.79 Å². The zero-order chi connectivity index (χ0) is 14.8. The second-order valence-corrected chi connectivity index (χ2v) is 5.85. The first-order valence-electron chi connectivity index (χ1n) is 7.48. The monoisotopic (exact) mass is 359 g/mol. The molecule has 0 aliphatic carbocycles. The molecule has 1 aliphatic rings. The Bertz CT molecular complexity index is 646. The maximum atomic E-state index is 12.2. The van der Waals surface area contributed by atoms with Gasteiger partial charge in [0.05, 0.1) is 0 Å². The Morgan fingerprint density at radius 1 is 1.39 bits per heavy atom. The fourth-order valence-corrected chi connectivity index (χ4v) is 2.96. The molecular weight excluding hydrogens is 337 g/mol. The SMILES string of the molecule is CC(N)CC(=O)N1CCCC(c2nnc3ccccn23)C1.Cl.Cl. The van der Waals surface area contributed by atoms with Crippen LogP contribution in [0, 0.1) is 0 Å². The number of carbonyl (C=O) groups excluding carboxylic acids is 1. The summed E-state index contributed by atoms with van der Waals surface area (Å²) in [6.45, 7) is 3.39. The van der Waals surface area contributed by atoms with Gasteiger partial charge in [0.25, 0.3) is 0 Å². The minimum Gasteiger partial charge on any atom is -0.342 e. The number of amides is 1. The number of fused-ring (bicyclic) bond motifs is 1. The van der Waals surface area contributed by atoms with E-state index in [4.69, 9.17) is 5.73 Å². The molecule has 3 heterocycles. The summed E-state index contributed by atoms with van der Waals surface area (Å²) in [6.07, 6.45) is 4.43. The average molecular weight is 360 g/mol. The Kier molecular flexibility index (Phi) is 7.25. The van der Waals surface area contributed by atoms with Gasteiger partial charge in [-0.2, -0.15) is 0 Å². The number of carbonyl (C=O) groups is 1. The molecule has 128 valence electrons. The molecule has 2 aromatic heterocycles. The maximum Gasteiger partial charge on any atom is 0.224 e. The van der Waals surface area contributed by atoms with E-state index in [1.54, 1.807) is 0 Å². The van der Waals surface area contributed by atoms with Crippen molar-refractivity contribution in [1.29, 1.82) is 0 Å². The van der Waals surface area contributed by atoms with Gasteiger partial charge in [-0.05, 0) is 31.9 Å². The van der Waals surface area contributed by atoms with E-state index in [0.29, 0.717) is 13.0 Å². The summed E-state index contributed by atoms with van der Waals surface area (Å²) < 4.78 is 2.02. The van der Waals surface area contributed by atoms with Crippen molar-refractivity contribution in [3.8, 4) is 0 Å². The van der Waals surface area contributed by atoms with E-state index >= 15 is 0 Å². The lowest BCUT2D eigenvalue weighted by Crippen LogP contribution is -2.41. The molecule has 2 atom stereocenters. The van der Waals surface area contributed by atoms with Crippen LogP contribution in [0.3, 0.4) is 0 Å². The summed E-state index contributed by atoms with van der Waals surface area (Å²) in [5, 5.41) is 8.53. The molecule has 1 amide bonds. The van der Waals surface area contributed by atoms with Crippen LogP contribution in [0.15, 0.2) is 24.4 Å². The second-order valence-electron chi connectivity index (χ2n) is 5.85. The molecule has 2 N–H and O–H groups in total. The summed E-state index contributed by atoms with van der Waals surface area (Å²) in [4.78, 5) is 14.1. The number of rotatable bonds is 3. The summed E-state index contributed by atoms with van der Waals surface area (Å²) in [6, 6.07) is 5.78. The molecule has 0 bridgehead atoms. The summed E-state index contributed by atoms with van der Waals surface area (Å²) in [5.41, 5.74) is 6.58. The van der Waals surface area contributed by atoms with Gasteiger partial charge in [-0.3, -0.25) is 9.20 Å². The van der Waals surface area contributed by atoms with E-state index in [1.807, 2.05) is 40.6 Å². The Morgan fingerprint density at radius 2 is 2.17 bits per heavy atom. The summed E-state index contributed by atoms with van der Waals surface area (Å²) in [5.74, 6) is 1.33. The summed E-state index contributed by atoms with van der Waals surface area (Å²) in [7, 11) is 0. The van der Waals surface area contributed by atoms with Gasteiger partial charge in [-0.25, -0.2) is 0 Å². The first kappa shape index (κ1) is 19.7.